The van der Waals surface area contributed by atoms with Crippen molar-refractivity contribution in [3.63, 3.8) is 0 Å². The topological polar surface area (TPSA) is 81.8 Å². The number of carbonyl (C=O) groups excluding carboxylic acids is 1. The Morgan fingerprint density at radius 2 is 1.76 bits per heavy atom. The third kappa shape index (κ3) is 4.15. The van der Waals surface area contributed by atoms with Crippen molar-refractivity contribution >= 4 is 22.5 Å². The minimum Gasteiger partial charge on any atom is -0.324 e. The lowest BCUT2D eigenvalue weighted by Crippen LogP contribution is -2.33. The minimum absolute atomic E-state index is 0.189. The summed E-state index contributed by atoms with van der Waals surface area (Å²) in [4.78, 5) is 25.2. The van der Waals surface area contributed by atoms with Crippen molar-refractivity contribution in [2.24, 2.45) is 0 Å². The van der Waals surface area contributed by atoms with E-state index < -0.39 is 28.7 Å². The summed E-state index contributed by atoms with van der Waals surface area (Å²) in [5.41, 5.74) is -0.668. The minimum atomic E-state index is -4.46. The highest BCUT2D eigenvalue weighted by Crippen LogP contribution is 2.29. The van der Waals surface area contributed by atoms with E-state index in [1.807, 2.05) is 20.8 Å². The Bertz CT molecular complexity index is 1120. The van der Waals surface area contributed by atoms with Crippen LogP contribution < -0.4 is 10.9 Å². The summed E-state index contributed by atoms with van der Waals surface area (Å²) < 4.78 is 40.5. The summed E-state index contributed by atoms with van der Waals surface area (Å²) in [5, 5.41) is 11.5. The third-order valence-corrected chi connectivity index (χ3v) is 4.29. The first-order chi connectivity index (χ1) is 13.4. The third-order valence-electron chi connectivity index (χ3n) is 4.29. The molecule has 0 radical (unpaired) electrons. The molecule has 3 aromatic rings. The van der Waals surface area contributed by atoms with Crippen molar-refractivity contribution in [3.8, 4) is 0 Å². The van der Waals surface area contributed by atoms with E-state index in [1.54, 1.807) is 17.8 Å². The lowest BCUT2D eigenvalue weighted by atomic mass is 10.1. The molecule has 0 atom stereocenters. The van der Waals surface area contributed by atoms with Crippen LogP contribution in [0.15, 0.2) is 35.3 Å². The number of rotatable bonds is 3. The Balaban J connectivity index is 1.87. The van der Waals surface area contributed by atoms with Crippen molar-refractivity contribution in [2.45, 2.75) is 46.0 Å². The van der Waals surface area contributed by atoms with Gasteiger partial charge in [0.15, 0.2) is 0 Å². The predicted molar refractivity (Wildman–Crippen MR) is 102 cm³/mol. The molecule has 1 aromatic carbocycles. The van der Waals surface area contributed by atoms with Crippen LogP contribution in [0.25, 0.3) is 10.9 Å². The lowest BCUT2D eigenvalue weighted by molar-refractivity contribution is -0.137. The molecule has 0 aliphatic heterocycles. The number of amides is 1. The van der Waals surface area contributed by atoms with Crippen LogP contribution >= 0.6 is 0 Å². The van der Waals surface area contributed by atoms with Gasteiger partial charge in [-0.15, -0.1) is 0 Å². The molecule has 1 amide bonds. The molecule has 154 valence electrons. The van der Waals surface area contributed by atoms with E-state index in [9.17, 15) is 22.8 Å². The van der Waals surface area contributed by atoms with Crippen LogP contribution in [0.1, 0.15) is 32.0 Å². The second-order valence-corrected chi connectivity index (χ2v) is 7.66. The van der Waals surface area contributed by atoms with E-state index >= 15 is 0 Å². The van der Waals surface area contributed by atoms with Crippen LogP contribution in [0.2, 0.25) is 0 Å². The molecule has 0 bridgehead atoms. The van der Waals surface area contributed by atoms with Crippen molar-refractivity contribution in [2.75, 3.05) is 5.32 Å². The predicted octanol–water partition coefficient (Wildman–Crippen LogP) is 3.31. The van der Waals surface area contributed by atoms with E-state index in [1.165, 1.54) is 0 Å². The van der Waals surface area contributed by atoms with Crippen LogP contribution in [0, 0.1) is 6.92 Å². The average molecular weight is 407 g/mol. The van der Waals surface area contributed by atoms with Crippen molar-refractivity contribution < 1.29 is 18.0 Å². The summed E-state index contributed by atoms with van der Waals surface area (Å²) in [7, 11) is 0. The Labute approximate surface area is 164 Å². The molecule has 0 saturated carbocycles. The van der Waals surface area contributed by atoms with Gasteiger partial charge in [-0.3, -0.25) is 14.3 Å². The van der Waals surface area contributed by atoms with E-state index in [2.05, 4.69) is 15.5 Å². The van der Waals surface area contributed by atoms with E-state index in [0.29, 0.717) is 16.6 Å². The van der Waals surface area contributed by atoms with Gasteiger partial charge in [-0.2, -0.15) is 23.4 Å². The maximum Gasteiger partial charge on any atom is 0.416 e. The number of hydrogen-bond donors (Lipinski definition) is 1. The van der Waals surface area contributed by atoms with Gasteiger partial charge in [0, 0.05) is 11.1 Å². The van der Waals surface area contributed by atoms with Crippen molar-refractivity contribution in [3.05, 3.63) is 52.1 Å². The number of hydrogen-bond acceptors (Lipinski definition) is 4. The molecule has 2 heterocycles. The molecular weight excluding hydrogens is 387 g/mol. The summed E-state index contributed by atoms with van der Waals surface area (Å²) in [6.07, 6.45) is -2.89. The van der Waals surface area contributed by atoms with Gasteiger partial charge in [-0.05, 0) is 52.0 Å². The fraction of sp³-hybridized carbons (Fsp3) is 0.368. The van der Waals surface area contributed by atoms with Gasteiger partial charge in [0.05, 0.1) is 23.0 Å². The molecule has 0 spiro atoms. The van der Waals surface area contributed by atoms with Gasteiger partial charge in [-0.1, -0.05) is 0 Å². The summed E-state index contributed by atoms with van der Waals surface area (Å²) in [6.45, 7) is 7.02. The molecule has 2 aromatic heterocycles. The van der Waals surface area contributed by atoms with Crippen LogP contribution in [0.4, 0.5) is 18.9 Å². The quantitative estimate of drug-likeness (QED) is 0.722. The molecule has 0 aliphatic rings. The van der Waals surface area contributed by atoms with E-state index in [4.69, 9.17) is 0 Å². The average Bonchev–Trinajstić information content (AvgIpc) is 3.05. The normalized spacial score (nSPS) is 12.4. The highest BCUT2D eigenvalue weighted by atomic mass is 19.4. The molecule has 7 nitrogen and oxygen atoms in total. The first-order valence-corrected chi connectivity index (χ1v) is 8.81. The summed E-state index contributed by atoms with van der Waals surface area (Å²) >= 11 is 0. The number of alkyl halides is 3. The van der Waals surface area contributed by atoms with Gasteiger partial charge in [0.1, 0.15) is 12.1 Å². The molecule has 10 heteroatoms. The molecule has 0 saturated heterocycles. The zero-order valence-electron chi connectivity index (χ0n) is 16.3. The smallest absolute Gasteiger partial charge is 0.324 e. The van der Waals surface area contributed by atoms with Crippen LogP contribution in [-0.2, 0) is 23.1 Å². The van der Waals surface area contributed by atoms with Crippen LogP contribution in [-0.4, -0.2) is 25.5 Å². The number of aromatic nitrogens is 4. The van der Waals surface area contributed by atoms with E-state index in [-0.39, 0.29) is 12.2 Å². The highest BCUT2D eigenvalue weighted by Gasteiger charge is 2.30. The number of halogens is 3. The zero-order valence-corrected chi connectivity index (χ0v) is 16.3. The Morgan fingerprint density at radius 1 is 1.14 bits per heavy atom. The van der Waals surface area contributed by atoms with Gasteiger partial charge >= 0.3 is 6.18 Å². The second-order valence-electron chi connectivity index (χ2n) is 7.66. The number of aryl methyl sites for hydroxylation is 1. The fourth-order valence-electron chi connectivity index (χ4n) is 2.92. The number of benzene rings is 1. The highest BCUT2D eigenvalue weighted by molar-refractivity contribution is 5.90. The second kappa shape index (κ2) is 7.02. The first-order valence-electron chi connectivity index (χ1n) is 8.81. The Hall–Kier alpha value is -3.17. The summed E-state index contributed by atoms with van der Waals surface area (Å²) in [5.74, 6) is -0.583. The van der Waals surface area contributed by atoms with Crippen LogP contribution in [0.3, 0.4) is 0 Å². The zero-order chi connectivity index (χ0) is 21.6. The Kier molecular flexibility index (Phi) is 4.97. The number of anilines is 1. The fourth-order valence-corrected chi connectivity index (χ4v) is 2.92. The Morgan fingerprint density at radius 3 is 2.31 bits per heavy atom. The van der Waals surface area contributed by atoms with Crippen LogP contribution in [0.5, 0.6) is 0 Å². The molecular formula is C19H20F3N5O2. The monoisotopic (exact) mass is 407 g/mol. The molecule has 1 N–H and O–H groups in total. The molecule has 3 rings (SSSR count). The number of carbonyl (C=O) groups is 1. The molecule has 0 unspecified atom stereocenters. The SMILES string of the molecule is Cc1nn(CC(=O)Nc2ccc(C(F)(F)F)cc2)c(=O)c2c1cnn2C(C)(C)C. The largest absolute Gasteiger partial charge is 0.416 e. The molecule has 29 heavy (non-hydrogen) atoms. The lowest BCUT2D eigenvalue weighted by Gasteiger charge is -2.20. The molecule has 0 fully saturated rings. The maximum atomic E-state index is 12.9. The number of nitrogens with one attached hydrogen (secondary N) is 1. The maximum absolute atomic E-state index is 12.9. The van der Waals surface area contributed by atoms with Gasteiger partial charge in [0.2, 0.25) is 5.91 Å². The molecule has 0 aliphatic carbocycles. The first kappa shape index (κ1) is 20.6. The van der Waals surface area contributed by atoms with Crippen molar-refractivity contribution in [1.29, 1.82) is 0 Å². The van der Waals surface area contributed by atoms with Gasteiger partial charge in [0.25, 0.3) is 5.56 Å². The number of nitrogens with zero attached hydrogens (tertiary/aromatic N) is 4. The standard InChI is InChI=1S/C19H20F3N5O2/c1-11-14-9-23-27(18(2,3)4)16(14)17(29)26(25-11)10-15(28)24-13-7-5-12(6-8-13)19(20,21)22/h5-9H,10H2,1-4H3,(H,24,28). The van der Waals surface area contributed by atoms with Gasteiger partial charge < -0.3 is 5.32 Å². The van der Waals surface area contributed by atoms with E-state index in [0.717, 1.165) is 28.9 Å². The van der Waals surface area contributed by atoms with Crippen molar-refractivity contribution in [1.82, 2.24) is 19.6 Å². The summed E-state index contributed by atoms with van der Waals surface area (Å²) in [6, 6.07) is 4.05. The number of fused-ring (bicyclic) bond motifs is 1. The van der Waals surface area contributed by atoms with Gasteiger partial charge in [-0.25, -0.2) is 4.68 Å².